The average Bonchev–Trinajstić information content (AvgIpc) is 2.45. The van der Waals surface area contributed by atoms with E-state index >= 15 is 0 Å². The van der Waals surface area contributed by atoms with E-state index in [1.807, 2.05) is 25.1 Å². The van der Waals surface area contributed by atoms with Gasteiger partial charge >= 0.3 is 5.69 Å². The molecule has 104 valence electrons. The van der Waals surface area contributed by atoms with Crippen LogP contribution >= 0.6 is 11.8 Å². The first-order chi connectivity index (χ1) is 9.61. The van der Waals surface area contributed by atoms with Crippen LogP contribution in [0.4, 0.5) is 5.69 Å². The van der Waals surface area contributed by atoms with Crippen molar-refractivity contribution in [2.24, 2.45) is 0 Å². The number of rotatable bonds is 5. The molecule has 2 rings (SSSR count). The van der Waals surface area contributed by atoms with Crippen LogP contribution in [0, 0.1) is 17.0 Å². The van der Waals surface area contributed by atoms with Crippen LogP contribution in [-0.2, 0) is 5.75 Å². The minimum absolute atomic E-state index is 0.0316. The molecule has 0 aliphatic heterocycles. The lowest BCUT2D eigenvalue weighted by Gasteiger charge is -2.09. The van der Waals surface area contributed by atoms with Crippen LogP contribution in [0.1, 0.15) is 11.1 Å². The fourth-order valence-corrected chi connectivity index (χ4v) is 2.74. The van der Waals surface area contributed by atoms with Crippen LogP contribution in [0.2, 0.25) is 0 Å². The van der Waals surface area contributed by atoms with Gasteiger partial charge in [0.25, 0.3) is 0 Å². The number of hydrogen-bond donors (Lipinski definition) is 0. The highest BCUT2D eigenvalue weighted by Gasteiger charge is 2.15. The minimum atomic E-state index is -0.414. The third-order valence-electron chi connectivity index (χ3n) is 2.75. The summed E-state index contributed by atoms with van der Waals surface area (Å²) in [7, 11) is 1.61. The Kier molecular flexibility index (Phi) is 4.57. The van der Waals surface area contributed by atoms with Gasteiger partial charge in [0.2, 0.25) is 0 Å². The van der Waals surface area contributed by atoms with E-state index in [1.54, 1.807) is 19.4 Å². The summed E-state index contributed by atoms with van der Waals surface area (Å²) in [5, 5.41) is 11.4. The van der Waals surface area contributed by atoms with E-state index < -0.39 is 4.92 Å². The molecule has 0 saturated carbocycles. The zero-order chi connectivity index (χ0) is 14.5. The molecule has 0 aliphatic carbocycles. The zero-order valence-corrected chi connectivity index (χ0v) is 12.0. The number of aromatic nitrogens is 1. The molecule has 0 unspecified atom stereocenters. The number of aryl methyl sites for hydroxylation is 1. The van der Waals surface area contributed by atoms with Gasteiger partial charge in [0, 0.05) is 23.6 Å². The lowest BCUT2D eigenvalue weighted by atomic mass is 10.1. The van der Waals surface area contributed by atoms with E-state index in [4.69, 9.17) is 4.74 Å². The number of methoxy groups -OCH3 is 1. The lowest BCUT2D eigenvalue weighted by Crippen LogP contribution is -1.95. The molecule has 20 heavy (non-hydrogen) atoms. The summed E-state index contributed by atoms with van der Waals surface area (Å²) in [6, 6.07) is 8.91. The first-order valence-electron chi connectivity index (χ1n) is 5.97. The van der Waals surface area contributed by atoms with Crippen molar-refractivity contribution in [3.63, 3.8) is 0 Å². The molecule has 0 radical (unpaired) electrons. The number of benzene rings is 1. The average molecular weight is 290 g/mol. The van der Waals surface area contributed by atoms with E-state index in [9.17, 15) is 10.1 Å². The maximum atomic E-state index is 10.9. The summed E-state index contributed by atoms with van der Waals surface area (Å²) in [6.07, 6.45) is 1.56. The molecular weight excluding hydrogens is 276 g/mol. The Morgan fingerprint density at radius 2 is 2.20 bits per heavy atom. The number of hydrogen-bond acceptors (Lipinski definition) is 5. The second-order valence-corrected chi connectivity index (χ2v) is 5.15. The zero-order valence-electron chi connectivity index (χ0n) is 11.2. The van der Waals surface area contributed by atoms with Crippen molar-refractivity contribution in [3.8, 4) is 5.75 Å². The monoisotopic (exact) mass is 290 g/mol. The van der Waals surface area contributed by atoms with Gasteiger partial charge in [-0.05, 0) is 19.1 Å². The fourth-order valence-electron chi connectivity index (χ4n) is 1.80. The van der Waals surface area contributed by atoms with Gasteiger partial charge in [-0.1, -0.05) is 29.5 Å². The molecule has 2 aromatic rings. The van der Waals surface area contributed by atoms with Gasteiger partial charge in [-0.2, -0.15) is 0 Å². The SMILES string of the molecule is COc1ccc(C)cc1CSc1ncccc1[N+](=O)[O-]. The van der Waals surface area contributed by atoms with Crippen molar-refractivity contribution in [3.05, 3.63) is 57.8 Å². The van der Waals surface area contributed by atoms with Gasteiger partial charge < -0.3 is 4.74 Å². The van der Waals surface area contributed by atoms with E-state index in [0.29, 0.717) is 10.8 Å². The Labute approximate surface area is 121 Å². The van der Waals surface area contributed by atoms with Gasteiger partial charge in [-0.3, -0.25) is 10.1 Å². The Bertz CT molecular complexity index is 632. The molecule has 0 spiro atoms. The van der Waals surface area contributed by atoms with Crippen molar-refractivity contribution < 1.29 is 9.66 Å². The summed E-state index contributed by atoms with van der Waals surface area (Å²) in [6.45, 7) is 2.00. The maximum Gasteiger partial charge on any atom is 0.301 e. The lowest BCUT2D eigenvalue weighted by molar-refractivity contribution is -0.388. The molecule has 0 N–H and O–H groups in total. The molecular formula is C14H14N2O3S. The largest absolute Gasteiger partial charge is 0.496 e. The summed E-state index contributed by atoms with van der Waals surface area (Å²) < 4.78 is 5.30. The van der Waals surface area contributed by atoms with Crippen molar-refractivity contribution in [1.29, 1.82) is 0 Å². The summed E-state index contributed by atoms with van der Waals surface area (Å²) in [5.41, 5.74) is 2.15. The van der Waals surface area contributed by atoms with Crippen LogP contribution < -0.4 is 4.74 Å². The summed E-state index contributed by atoms with van der Waals surface area (Å²) >= 11 is 1.33. The number of thioether (sulfide) groups is 1. The first-order valence-corrected chi connectivity index (χ1v) is 6.96. The third-order valence-corrected chi connectivity index (χ3v) is 3.79. The Morgan fingerprint density at radius 1 is 1.40 bits per heavy atom. The van der Waals surface area contributed by atoms with E-state index in [2.05, 4.69) is 4.98 Å². The molecule has 0 amide bonds. The predicted molar refractivity (Wildman–Crippen MR) is 78.2 cm³/mol. The normalized spacial score (nSPS) is 10.3. The number of nitrogens with zero attached hydrogens (tertiary/aromatic N) is 2. The van der Waals surface area contributed by atoms with Gasteiger partial charge in [0.15, 0.2) is 5.03 Å². The molecule has 0 atom stereocenters. The minimum Gasteiger partial charge on any atom is -0.496 e. The van der Waals surface area contributed by atoms with Crippen LogP contribution in [0.5, 0.6) is 5.75 Å². The van der Waals surface area contributed by atoms with Gasteiger partial charge in [-0.25, -0.2) is 4.98 Å². The number of pyridine rings is 1. The molecule has 0 aliphatic rings. The molecule has 1 aromatic carbocycles. The second-order valence-electron chi connectivity index (χ2n) is 4.19. The smallest absolute Gasteiger partial charge is 0.301 e. The van der Waals surface area contributed by atoms with Gasteiger partial charge in [-0.15, -0.1) is 0 Å². The van der Waals surface area contributed by atoms with Crippen LogP contribution in [0.25, 0.3) is 0 Å². The Hall–Kier alpha value is -2.08. The van der Waals surface area contributed by atoms with Crippen LogP contribution in [-0.4, -0.2) is 17.0 Å². The molecule has 1 aromatic heterocycles. The van der Waals surface area contributed by atoms with Crippen LogP contribution in [0.15, 0.2) is 41.6 Å². The molecule has 5 nitrogen and oxygen atoms in total. The highest BCUT2D eigenvalue weighted by atomic mass is 32.2. The Balaban J connectivity index is 2.21. The molecule has 0 fully saturated rings. The number of nitro groups is 1. The topological polar surface area (TPSA) is 65.3 Å². The predicted octanol–water partition coefficient (Wildman–Crippen LogP) is 3.60. The van der Waals surface area contributed by atoms with E-state index in [1.165, 1.54) is 17.8 Å². The molecule has 1 heterocycles. The maximum absolute atomic E-state index is 10.9. The highest BCUT2D eigenvalue weighted by Crippen LogP contribution is 2.32. The second kappa shape index (κ2) is 6.38. The molecule has 6 heteroatoms. The summed E-state index contributed by atoms with van der Waals surface area (Å²) in [4.78, 5) is 14.6. The van der Waals surface area contributed by atoms with E-state index in [-0.39, 0.29) is 5.69 Å². The van der Waals surface area contributed by atoms with Gasteiger partial charge in [0.05, 0.1) is 12.0 Å². The van der Waals surface area contributed by atoms with Crippen molar-refractivity contribution in [2.45, 2.75) is 17.7 Å². The van der Waals surface area contributed by atoms with Crippen LogP contribution in [0.3, 0.4) is 0 Å². The molecule has 0 saturated heterocycles. The highest BCUT2D eigenvalue weighted by molar-refractivity contribution is 7.98. The third kappa shape index (κ3) is 3.27. The summed E-state index contributed by atoms with van der Waals surface area (Å²) in [5.74, 6) is 1.35. The standard InChI is InChI=1S/C14H14N2O3S/c1-10-5-6-13(19-2)11(8-10)9-20-14-12(16(17)18)4-3-7-15-14/h3-8H,9H2,1-2H3. The fraction of sp³-hybridized carbons (Fsp3) is 0.214. The Morgan fingerprint density at radius 3 is 2.90 bits per heavy atom. The van der Waals surface area contributed by atoms with E-state index in [0.717, 1.165) is 16.9 Å². The van der Waals surface area contributed by atoms with Gasteiger partial charge in [0.1, 0.15) is 5.75 Å². The first kappa shape index (κ1) is 14.3. The van der Waals surface area contributed by atoms with Crippen molar-refractivity contribution >= 4 is 17.4 Å². The van der Waals surface area contributed by atoms with Crippen molar-refractivity contribution in [2.75, 3.05) is 7.11 Å². The quantitative estimate of drug-likeness (QED) is 0.478. The van der Waals surface area contributed by atoms with Crippen molar-refractivity contribution in [1.82, 2.24) is 4.98 Å². The molecule has 0 bridgehead atoms. The number of ether oxygens (including phenoxy) is 1.